The number of nitrogens with zero attached hydrogens (tertiary/aromatic N) is 1. The molecular weight excluding hydrogens is 246 g/mol. The quantitative estimate of drug-likeness (QED) is 0.781. The number of rotatable bonds is 1. The molecule has 2 atom stereocenters. The Morgan fingerprint density at radius 2 is 2.28 bits per heavy atom. The zero-order valence-corrected chi connectivity index (χ0v) is 11.8. The number of thiophene rings is 1. The summed E-state index contributed by atoms with van der Waals surface area (Å²) in [5.74, 6) is 0.192. The van der Waals surface area contributed by atoms with Crippen LogP contribution in [0.15, 0.2) is 6.07 Å². The fourth-order valence-electron chi connectivity index (χ4n) is 2.76. The van der Waals surface area contributed by atoms with Crippen LogP contribution < -0.4 is 0 Å². The average Bonchev–Trinajstić information content (AvgIpc) is 2.91. The van der Waals surface area contributed by atoms with Crippen LogP contribution in [-0.2, 0) is 17.6 Å². The van der Waals surface area contributed by atoms with Gasteiger partial charge in [-0.1, -0.05) is 0 Å². The highest BCUT2D eigenvalue weighted by atomic mass is 32.1. The predicted molar refractivity (Wildman–Crippen MR) is 72.3 cm³/mol. The molecule has 0 spiro atoms. The number of carbonyl (C=O) groups excluding carboxylic acids is 1. The lowest BCUT2D eigenvalue weighted by Crippen LogP contribution is -2.50. The zero-order chi connectivity index (χ0) is 12.7. The van der Waals surface area contributed by atoms with Crippen molar-refractivity contribution < 1.29 is 9.53 Å². The lowest BCUT2D eigenvalue weighted by Gasteiger charge is -2.36. The van der Waals surface area contributed by atoms with E-state index in [1.165, 1.54) is 16.9 Å². The molecule has 1 aliphatic carbocycles. The molecule has 0 radical (unpaired) electrons. The van der Waals surface area contributed by atoms with E-state index in [0.29, 0.717) is 13.2 Å². The van der Waals surface area contributed by atoms with Crippen molar-refractivity contribution in [1.29, 1.82) is 0 Å². The largest absolute Gasteiger partial charge is 0.375 e. The van der Waals surface area contributed by atoms with Crippen LogP contribution in [0.5, 0.6) is 0 Å². The molecule has 0 unspecified atom stereocenters. The fraction of sp³-hybridized carbons (Fsp3) is 0.643. The Hall–Kier alpha value is -0.870. The van der Waals surface area contributed by atoms with Crippen LogP contribution in [0, 0.1) is 0 Å². The summed E-state index contributed by atoms with van der Waals surface area (Å²) in [6, 6.07) is 2.30. The summed E-state index contributed by atoms with van der Waals surface area (Å²) in [5, 5.41) is 0. The number of ether oxygens (including phenoxy) is 1. The van der Waals surface area contributed by atoms with E-state index in [0.717, 1.165) is 17.7 Å². The standard InChI is InChI=1S/C14H19NO2S/c1-9-8-17-10(2)7-15(9)14(16)13-6-11-4-3-5-12(11)18-13/h6,9-10H,3-5,7-8H2,1-2H3/t9-,10+/m1/s1. The summed E-state index contributed by atoms with van der Waals surface area (Å²) in [6.45, 7) is 5.45. The Balaban J connectivity index is 1.80. The highest BCUT2D eigenvalue weighted by molar-refractivity contribution is 7.14. The second-order valence-corrected chi connectivity index (χ2v) is 6.50. The summed E-state index contributed by atoms with van der Waals surface area (Å²) in [6.07, 6.45) is 3.70. The first-order valence-corrected chi connectivity index (χ1v) is 7.51. The topological polar surface area (TPSA) is 29.5 Å². The van der Waals surface area contributed by atoms with E-state index in [4.69, 9.17) is 4.74 Å². The number of amides is 1. The molecule has 1 amide bonds. The Labute approximate surface area is 112 Å². The molecule has 2 heterocycles. The Morgan fingerprint density at radius 3 is 3.06 bits per heavy atom. The van der Waals surface area contributed by atoms with E-state index in [-0.39, 0.29) is 18.1 Å². The number of aryl methyl sites for hydroxylation is 2. The van der Waals surface area contributed by atoms with Gasteiger partial charge < -0.3 is 9.64 Å². The minimum absolute atomic E-state index is 0.150. The van der Waals surface area contributed by atoms with E-state index in [1.807, 2.05) is 11.8 Å². The Kier molecular flexibility index (Phi) is 3.16. The molecule has 0 saturated carbocycles. The van der Waals surface area contributed by atoms with Crippen molar-refractivity contribution >= 4 is 17.2 Å². The molecule has 1 fully saturated rings. The first-order chi connectivity index (χ1) is 8.65. The maximum Gasteiger partial charge on any atom is 0.264 e. The number of fused-ring (bicyclic) bond motifs is 1. The van der Waals surface area contributed by atoms with Crippen molar-refractivity contribution in [3.05, 3.63) is 21.4 Å². The molecule has 1 aromatic heterocycles. The number of hydrogen-bond acceptors (Lipinski definition) is 3. The molecule has 0 bridgehead atoms. The SMILES string of the molecule is C[C@@H]1CO[C@@H](C)CN1C(=O)c1cc2c(s1)CCC2. The number of morpholine rings is 1. The molecule has 1 saturated heterocycles. The maximum absolute atomic E-state index is 12.5. The van der Waals surface area contributed by atoms with Gasteiger partial charge in [0, 0.05) is 11.4 Å². The van der Waals surface area contributed by atoms with Gasteiger partial charge in [-0.25, -0.2) is 0 Å². The third-order valence-corrected chi connectivity index (χ3v) is 5.05. The Bertz CT molecular complexity index is 447. The molecule has 3 rings (SSSR count). The summed E-state index contributed by atoms with van der Waals surface area (Å²) in [7, 11) is 0. The molecule has 1 aliphatic heterocycles. The molecule has 3 nitrogen and oxygen atoms in total. The van der Waals surface area contributed by atoms with Crippen LogP contribution in [0.4, 0.5) is 0 Å². The van der Waals surface area contributed by atoms with Crippen LogP contribution in [0.1, 0.15) is 40.4 Å². The van der Waals surface area contributed by atoms with Crippen LogP contribution >= 0.6 is 11.3 Å². The number of carbonyl (C=O) groups is 1. The van der Waals surface area contributed by atoms with E-state index in [9.17, 15) is 4.79 Å². The summed E-state index contributed by atoms with van der Waals surface area (Å²) < 4.78 is 5.58. The molecule has 0 N–H and O–H groups in total. The van der Waals surface area contributed by atoms with Gasteiger partial charge in [0.15, 0.2) is 0 Å². The second-order valence-electron chi connectivity index (χ2n) is 5.36. The van der Waals surface area contributed by atoms with Gasteiger partial charge in [-0.2, -0.15) is 0 Å². The summed E-state index contributed by atoms with van der Waals surface area (Å²) in [4.78, 5) is 16.9. The molecular formula is C14H19NO2S. The van der Waals surface area contributed by atoms with E-state index in [1.54, 1.807) is 11.3 Å². The smallest absolute Gasteiger partial charge is 0.264 e. The molecule has 4 heteroatoms. The van der Waals surface area contributed by atoms with Crippen molar-refractivity contribution in [2.75, 3.05) is 13.2 Å². The minimum atomic E-state index is 0.150. The van der Waals surface area contributed by atoms with Gasteiger partial charge in [0.05, 0.1) is 23.6 Å². The first kappa shape index (κ1) is 12.2. The third kappa shape index (κ3) is 2.08. The van der Waals surface area contributed by atoms with E-state index >= 15 is 0 Å². The zero-order valence-electron chi connectivity index (χ0n) is 10.9. The molecule has 18 heavy (non-hydrogen) atoms. The van der Waals surface area contributed by atoms with Gasteiger partial charge in [0.2, 0.25) is 0 Å². The third-order valence-electron chi connectivity index (χ3n) is 3.83. The average molecular weight is 265 g/mol. The summed E-state index contributed by atoms with van der Waals surface area (Å²) >= 11 is 1.69. The highest BCUT2D eigenvalue weighted by Crippen LogP contribution is 2.31. The van der Waals surface area contributed by atoms with Gasteiger partial charge >= 0.3 is 0 Å². The Morgan fingerprint density at radius 1 is 1.44 bits per heavy atom. The van der Waals surface area contributed by atoms with Crippen molar-refractivity contribution in [2.45, 2.75) is 45.3 Å². The van der Waals surface area contributed by atoms with E-state index in [2.05, 4.69) is 13.0 Å². The van der Waals surface area contributed by atoms with Gasteiger partial charge in [-0.15, -0.1) is 11.3 Å². The molecule has 2 aliphatic rings. The summed E-state index contributed by atoms with van der Waals surface area (Å²) in [5.41, 5.74) is 1.40. The first-order valence-electron chi connectivity index (χ1n) is 6.69. The normalized spacial score (nSPS) is 27.3. The molecule has 98 valence electrons. The second kappa shape index (κ2) is 4.67. The van der Waals surface area contributed by atoms with Crippen molar-refractivity contribution in [2.24, 2.45) is 0 Å². The van der Waals surface area contributed by atoms with Crippen molar-refractivity contribution in [1.82, 2.24) is 4.90 Å². The monoisotopic (exact) mass is 265 g/mol. The maximum atomic E-state index is 12.5. The van der Waals surface area contributed by atoms with Crippen LogP contribution in [0.2, 0.25) is 0 Å². The predicted octanol–water partition coefficient (Wildman–Crippen LogP) is 2.49. The molecule has 0 aromatic carbocycles. The highest BCUT2D eigenvalue weighted by Gasteiger charge is 2.30. The van der Waals surface area contributed by atoms with Gasteiger partial charge in [0.1, 0.15) is 0 Å². The van der Waals surface area contributed by atoms with Crippen LogP contribution in [0.25, 0.3) is 0 Å². The van der Waals surface area contributed by atoms with Gasteiger partial charge in [0.25, 0.3) is 5.91 Å². The fourth-order valence-corrected chi connectivity index (χ4v) is 3.97. The van der Waals surface area contributed by atoms with E-state index < -0.39 is 0 Å². The lowest BCUT2D eigenvalue weighted by molar-refractivity contribution is -0.0385. The van der Waals surface area contributed by atoms with Gasteiger partial charge in [-0.05, 0) is 44.7 Å². The van der Waals surface area contributed by atoms with Crippen molar-refractivity contribution in [3.8, 4) is 0 Å². The lowest BCUT2D eigenvalue weighted by atomic mass is 10.2. The van der Waals surface area contributed by atoms with Crippen molar-refractivity contribution in [3.63, 3.8) is 0 Å². The van der Waals surface area contributed by atoms with Crippen LogP contribution in [-0.4, -0.2) is 36.1 Å². The van der Waals surface area contributed by atoms with Gasteiger partial charge in [-0.3, -0.25) is 4.79 Å². The minimum Gasteiger partial charge on any atom is -0.375 e. The van der Waals surface area contributed by atoms with Crippen LogP contribution in [0.3, 0.4) is 0 Å². The molecule has 1 aromatic rings. The number of hydrogen-bond donors (Lipinski definition) is 0.